The number of nitrogens with one attached hydrogen (secondary N) is 2. The molecule has 1 aliphatic rings. The summed E-state index contributed by atoms with van der Waals surface area (Å²) in [5, 5.41) is 9.93. The van der Waals surface area contributed by atoms with Crippen LogP contribution in [0.4, 0.5) is 5.13 Å². The molecule has 1 aliphatic heterocycles. The molecule has 162 valence electrons. The van der Waals surface area contributed by atoms with Crippen LogP contribution in [0.1, 0.15) is 38.3 Å². The third-order valence-corrected chi connectivity index (χ3v) is 5.32. The predicted octanol–water partition coefficient (Wildman–Crippen LogP) is 2.90. The molecule has 0 atom stereocenters. The van der Waals surface area contributed by atoms with Gasteiger partial charge in [0.2, 0.25) is 0 Å². The van der Waals surface area contributed by atoms with E-state index in [0.717, 1.165) is 57.3 Å². The normalized spacial score (nSPS) is 14.2. The molecule has 1 fully saturated rings. The van der Waals surface area contributed by atoms with Crippen molar-refractivity contribution in [3.05, 3.63) is 11.1 Å². The Labute approximate surface area is 190 Å². The van der Waals surface area contributed by atoms with E-state index in [0.29, 0.717) is 19.8 Å². The molecule has 2 rings (SSSR count). The highest BCUT2D eigenvalue weighted by Crippen LogP contribution is 2.24. The Morgan fingerprint density at radius 1 is 1.14 bits per heavy atom. The second-order valence-electron chi connectivity index (χ2n) is 6.57. The second kappa shape index (κ2) is 16.2. The number of aliphatic imine (C=N–C) groups is 1. The first-order valence-corrected chi connectivity index (χ1v) is 11.0. The molecule has 28 heavy (non-hydrogen) atoms. The van der Waals surface area contributed by atoms with Crippen LogP contribution in [-0.2, 0) is 15.9 Å². The molecule has 1 saturated heterocycles. The van der Waals surface area contributed by atoms with Gasteiger partial charge in [0.05, 0.1) is 25.5 Å². The number of thiazole rings is 1. The lowest BCUT2D eigenvalue weighted by atomic mass is 10.3. The van der Waals surface area contributed by atoms with Crippen LogP contribution in [-0.4, -0.2) is 70.6 Å². The van der Waals surface area contributed by atoms with Gasteiger partial charge in [-0.1, -0.05) is 13.3 Å². The van der Waals surface area contributed by atoms with Crippen LogP contribution in [0, 0.1) is 0 Å². The molecule has 0 spiro atoms. The van der Waals surface area contributed by atoms with Gasteiger partial charge < -0.3 is 25.0 Å². The minimum atomic E-state index is 0. The first kappa shape index (κ1) is 25.4. The molecule has 2 N–H and O–H groups in total. The number of hydrogen-bond donors (Lipinski definition) is 2. The van der Waals surface area contributed by atoms with Crippen molar-refractivity contribution >= 4 is 46.4 Å². The van der Waals surface area contributed by atoms with Crippen LogP contribution >= 0.6 is 35.3 Å². The van der Waals surface area contributed by atoms with Crippen molar-refractivity contribution in [2.45, 2.75) is 39.0 Å². The Hall–Kier alpha value is -0.650. The van der Waals surface area contributed by atoms with Crippen molar-refractivity contribution in [2.24, 2.45) is 4.99 Å². The van der Waals surface area contributed by atoms with Crippen molar-refractivity contribution in [1.82, 2.24) is 15.6 Å². The molecular formula is C19H36IN5O2S. The number of rotatable bonds is 13. The fraction of sp³-hybridized carbons (Fsp3) is 0.789. The minimum Gasteiger partial charge on any atom is -0.379 e. The summed E-state index contributed by atoms with van der Waals surface area (Å²) >= 11 is 1.75. The van der Waals surface area contributed by atoms with Gasteiger partial charge in [0, 0.05) is 51.6 Å². The number of aromatic nitrogens is 1. The van der Waals surface area contributed by atoms with E-state index < -0.39 is 0 Å². The molecule has 0 radical (unpaired) electrons. The summed E-state index contributed by atoms with van der Waals surface area (Å²) in [6.45, 7) is 8.77. The highest BCUT2D eigenvalue weighted by Gasteiger charge is 2.15. The molecule has 0 bridgehead atoms. The topological polar surface area (TPSA) is 71.0 Å². The SMILES string of the molecule is CCCCOCCOCCNC(=NC)NCCc1csc(N2CCCC2)n1.I. The van der Waals surface area contributed by atoms with Crippen LogP contribution in [0.2, 0.25) is 0 Å². The van der Waals surface area contributed by atoms with Crippen molar-refractivity contribution in [3.8, 4) is 0 Å². The van der Waals surface area contributed by atoms with Crippen molar-refractivity contribution in [2.75, 3.05) is 64.6 Å². The largest absolute Gasteiger partial charge is 0.379 e. The quantitative estimate of drug-likeness (QED) is 0.179. The third-order valence-electron chi connectivity index (χ3n) is 4.37. The summed E-state index contributed by atoms with van der Waals surface area (Å²) in [4.78, 5) is 11.4. The van der Waals surface area contributed by atoms with Gasteiger partial charge in [-0.25, -0.2) is 4.98 Å². The molecule has 1 aromatic rings. The van der Waals surface area contributed by atoms with Gasteiger partial charge in [0.25, 0.3) is 0 Å². The zero-order chi connectivity index (χ0) is 19.2. The van der Waals surface area contributed by atoms with Crippen molar-refractivity contribution in [1.29, 1.82) is 0 Å². The Kier molecular flexibility index (Phi) is 14.7. The van der Waals surface area contributed by atoms with Gasteiger partial charge in [-0.3, -0.25) is 4.99 Å². The van der Waals surface area contributed by atoms with Gasteiger partial charge in [0.1, 0.15) is 0 Å². The number of guanidine groups is 1. The maximum atomic E-state index is 5.55. The van der Waals surface area contributed by atoms with Crippen LogP contribution in [0.25, 0.3) is 0 Å². The Morgan fingerprint density at radius 3 is 2.57 bits per heavy atom. The monoisotopic (exact) mass is 525 g/mol. The van der Waals surface area contributed by atoms with Crippen LogP contribution in [0.15, 0.2) is 10.4 Å². The van der Waals surface area contributed by atoms with Crippen molar-refractivity contribution < 1.29 is 9.47 Å². The first-order chi connectivity index (χ1) is 13.3. The lowest BCUT2D eigenvalue weighted by Gasteiger charge is -2.13. The Bertz CT molecular complexity index is 538. The summed E-state index contributed by atoms with van der Waals surface area (Å²) < 4.78 is 11.0. The third kappa shape index (κ3) is 10.2. The molecule has 9 heteroatoms. The molecule has 0 amide bonds. The summed E-state index contributed by atoms with van der Waals surface area (Å²) in [5.41, 5.74) is 1.15. The van der Waals surface area contributed by atoms with Gasteiger partial charge in [-0.15, -0.1) is 35.3 Å². The van der Waals surface area contributed by atoms with Crippen LogP contribution in [0.5, 0.6) is 0 Å². The Morgan fingerprint density at radius 2 is 1.86 bits per heavy atom. The number of ether oxygens (including phenoxy) is 2. The maximum absolute atomic E-state index is 5.55. The molecule has 1 aromatic heterocycles. The highest BCUT2D eigenvalue weighted by atomic mass is 127. The highest BCUT2D eigenvalue weighted by molar-refractivity contribution is 14.0. The molecule has 0 aromatic carbocycles. The van der Waals surface area contributed by atoms with Gasteiger partial charge in [-0.2, -0.15) is 0 Å². The zero-order valence-electron chi connectivity index (χ0n) is 17.2. The van der Waals surface area contributed by atoms with E-state index in [2.05, 4.69) is 32.8 Å². The van der Waals surface area contributed by atoms with E-state index in [1.54, 1.807) is 18.4 Å². The number of anilines is 1. The molecular weight excluding hydrogens is 489 g/mol. The summed E-state index contributed by atoms with van der Waals surface area (Å²) in [7, 11) is 1.78. The van der Waals surface area contributed by atoms with E-state index in [4.69, 9.17) is 14.5 Å². The average molecular weight is 526 g/mol. The van der Waals surface area contributed by atoms with Crippen LogP contribution in [0.3, 0.4) is 0 Å². The standard InChI is InChI=1S/C19H35N5O2S.HI/c1-3-4-12-25-14-15-26-13-9-22-18(20-2)21-8-7-17-16-27-19(23-17)24-10-5-6-11-24;/h16H,3-15H2,1-2H3,(H2,20,21,22);1H. The number of hydrogen-bond acceptors (Lipinski definition) is 6. The zero-order valence-corrected chi connectivity index (χ0v) is 20.4. The van der Waals surface area contributed by atoms with Gasteiger partial charge in [0.15, 0.2) is 11.1 Å². The van der Waals surface area contributed by atoms with Gasteiger partial charge in [-0.05, 0) is 19.3 Å². The lowest BCUT2D eigenvalue weighted by Crippen LogP contribution is -2.39. The smallest absolute Gasteiger partial charge is 0.191 e. The van der Waals surface area contributed by atoms with E-state index in [9.17, 15) is 0 Å². The van der Waals surface area contributed by atoms with E-state index in [-0.39, 0.29) is 24.0 Å². The summed E-state index contributed by atoms with van der Waals surface area (Å²) in [6.07, 6.45) is 5.75. The first-order valence-electron chi connectivity index (χ1n) is 10.1. The lowest BCUT2D eigenvalue weighted by molar-refractivity contribution is 0.0487. The Balaban J connectivity index is 0.00000392. The van der Waals surface area contributed by atoms with E-state index in [1.807, 2.05) is 0 Å². The fourth-order valence-electron chi connectivity index (χ4n) is 2.80. The molecule has 0 aliphatic carbocycles. The van der Waals surface area contributed by atoms with Crippen molar-refractivity contribution in [3.63, 3.8) is 0 Å². The fourth-order valence-corrected chi connectivity index (χ4v) is 3.72. The predicted molar refractivity (Wildman–Crippen MR) is 129 cm³/mol. The average Bonchev–Trinajstić information content (AvgIpc) is 3.37. The van der Waals surface area contributed by atoms with E-state index >= 15 is 0 Å². The summed E-state index contributed by atoms with van der Waals surface area (Å²) in [5.74, 6) is 0.799. The molecule has 0 saturated carbocycles. The molecule has 7 nitrogen and oxygen atoms in total. The summed E-state index contributed by atoms with van der Waals surface area (Å²) in [6, 6.07) is 0. The van der Waals surface area contributed by atoms with Gasteiger partial charge >= 0.3 is 0 Å². The second-order valence-corrected chi connectivity index (χ2v) is 7.41. The van der Waals surface area contributed by atoms with Crippen LogP contribution < -0.4 is 15.5 Å². The maximum Gasteiger partial charge on any atom is 0.191 e. The number of unbranched alkanes of at least 4 members (excludes halogenated alkanes) is 1. The van der Waals surface area contributed by atoms with E-state index in [1.165, 1.54) is 24.4 Å². The number of halogens is 1. The number of nitrogens with zero attached hydrogens (tertiary/aromatic N) is 3. The molecule has 2 heterocycles. The molecule has 0 unspecified atom stereocenters. The minimum absolute atomic E-state index is 0.